The van der Waals surface area contributed by atoms with Crippen LogP contribution in [0.2, 0.25) is 0 Å². The van der Waals surface area contributed by atoms with Gasteiger partial charge in [-0.15, -0.1) is 0 Å². The van der Waals surface area contributed by atoms with Gasteiger partial charge >= 0.3 is 0 Å². The molecule has 1 rings (SSSR count). The molecule has 1 aromatic carbocycles. The molecule has 3 N–H and O–H groups in total. The molecule has 0 bridgehead atoms. The fourth-order valence-electron chi connectivity index (χ4n) is 1.39. The summed E-state index contributed by atoms with van der Waals surface area (Å²) < 4.78 is 6.12. The highest BCUT2D eigenvalue weighted by Gasteiger charge is 2.00. The van der Waals surface area contributed by atoms with Gasteiger partial charge in [-0.2, -0.15) is 0 Å². The van der Waals surface area contributed by atoms with Crippen LogP contribution < -0.4 is 5.32 Å². The second-order valence-corrected chi connectivity index (χ2v) is 4.50. The standard InChI is InChI=1S/C12H18BrNO3/c13-12-3-2-11(16)8-10(12)9-14-4-1-6-17-7-5-15/h2-3,8,14-16H,1,4-7,9H2. The van der Waals surface area contributed by atoms with Crippen LogP contribution in [0.3, 0.4) is 0 Å². The lowest BCUT2D eigenvalue weighted by Gasteiger charge is -2.07. The number of aliphatic hydroxyl groups is 1. The predicted molar refractivity (Wildman–Crippen MR) is 70.0 cm³/mol. The fourth-order valence-corrected chi connectivity index (χ4v) is 1.77. The lowest BCUT2D eigenvalue weighted by atomic mass is 10.2. The molecule has 0 aromatic heterocycles. The summed E-state index contributed by atoms with van der Waals surface area (Å²) in [6.07, 6.45) is 0.899. The third kappa shape index (κ3) is 6.02. The van der Waals surface area contributed by atoms with E-state index >= 15 is 0 Å². The number of hydrogen-bond donors (Lipinski definition) is 3. The van der Waals surface area contributed by atoms with Gasteiger partial charge in [0.2, 0.25) is 0 Å². The van der Waals surface area contributed by atoms with Crippen molar-refractivity contribution in [2.45, 2.75) is 13.0 Å². The van der Waals surface area contributed by atoms with Crippen molar-refractivity contribution in [3.8, 4) is 5.75 Å². The first-order chi connectivity index (χ1) is 8.24. The molecular formula is C12H18BrNO3. The van der Waals surface area contributed by atoms with Crippen molar-refractivity contribution < 1.29 is 14.9 Å². The predicted octanol–water partition coefficient (Wildman–Crippen LogP) is 1.64. The van der Waals surface area contributed by atoms with E-state index in [-0.39, 0.29) is 12.4 Å². The van der Waals surface area contributed by atoms with Crippen molar-refractivity contribution in [3.05, 3.63) is 28.2 Å². The molecule has 0 heterocycles. The normalized spacial score (nSPS) is 10.7. The van der Waals surface area contributed by atoms with Gasteiger partial charge in [-0.1, -0.05) is 15.9 Å². The summed E-state index contributed by atoms with van der Waals surface area (Å²) in [5.41, 5.74) is 1.03. The van der Waals surface area contributed by atoms with E-state index in [1.165, 1.54) is 0 Å². The van der Waals surface area contributed by atoms with Gasteiger partial charge in [-0.05, 0) is 36.7 Å². The van der Waals surface area contributed by atoms with Gasteiger partial charge in [0, 0.05) is 17.6 Å². The fraction of sp³-hybridized carbons (Fsp3) is 0.500. The number of aliphatic hydroxyl groups excluding tert-OH is 1. The zero-order chi connectivity index (χ0) is 12.5. The minimum Gasteiger partial charge on any atom is -0.508 e. The summed E-state index contributed by atoms with van der Waals surface area (Å²) in [6, 6.07) is 5.21. The van der Waals surface area contributed by atoms with Crippen molar-refractivity contribution in [1.82, 2.24) is 5.32 Å². The lowest BCUT2D eigenvalue weighted by molar-refractivity contribution is 0.0907. The maximum atomic E-state index is 9.35. The lowest BCUT2D eigenvalue weighted by Crippen LogP contribution is -2.17. The molecule has 17 heavy (non-hydrogen) atoms. The monoisotopic (exact) mass is 303 g/mol. The molecule has 0 saturated heterocycles. The third-order valence-corrected chi connectivity index (χ3v) is 3.00. The minimum absolute atomic E-state index is 0.0731. The van der Waals surface area contributed by atoms with Crippen LogP contribution in [0, 0.1) is 0 Å². The number of aromatic hydroxyl groups is 1. The minimum atomic E-state index is 0.0731. The average Bonchev–Trinajstić information content (AvgIpc) is 2.32. The molecule has 0 radical (unpaired) electrons. The molecule has 0 atom stereocenters. The molecule has 0 unspecified atom stereocenters. The molecular weight excluding hydrogens is 286 g/mol. The van der Waals surface area contributed by atoms with Crippen LogP contribution in [-0.2, 0) is 11.3 Å². The Morgan fingerprint density at radius 3 is 2.88 bits per heavy atom. The maximum Gasteiger partial charge on any atom is 0.115 e. The van der Waals surface area contributed by atoms with Crippen LogP contribution in [0.5, 0.6) is 5.75 Å². The smallest absolute Gasteiger partial charge is 0.115 e. The Labute approximate surface area is 110 Å². The van der Waals surface area contributed by atoms with Crippen LogP contribution >= 0.6 is 15.9 Å². The Morgan fingerprint density at radius 1 is 1.29 bits per heavy atom. The first-order valence-electron chi connectivity index (χ1n) is 5.60. The van der Waals surface area contributed by atoms with Crippen molar-refractivity contribution in [3.63, 3.8) is 0 Å². The number of phenols is 1. The molecule has 0 saturated carbocycles. The topological polar surface area (TPSA) is 61.7 Å². The highest BCUT2D eigenvalue weighted by atomic mass is 79.9. The van der Waals surface area contributed by atoms with Crippen molar-refractivity contribution in [2.24, 2.45) is 0 Å². The van der Waals surface area contributed by atoms with Crippen molar-refractivity contribution in [2.75, 3.05) is 26.4 Å². The Kier molecular flexibility index (Phi) is 7.19. The molecule has 5 heteroatoms. The molecule has 0 aliphatic heterocycles. The van der Waals surface area contributed by atoms with E-state index < -0.39 is 0 Å². The van der Waals surface area contributed by atoms with Crippen molar-refractivity contribution in [1.29, 1.82) is 0 Å². The average molecular weight is 304 g/mol. The van der Waals surface area contributed by atoms with E-state index in [0.717, 1.165) is 23.0 Å². The first-order valence-corrected chi connectivity index (χ1v) is 6.40. The van der Waals surface area contributed by atoms with Gasteiger partial charge < -0.3 is 20.3 Å². The molecule has 0 aliphatic carbocycles. The zero-order valence-electron chi connectivity index (χ0n) is 9.66. The Bertz CT molecular complexity index is 334. The van der Waals surface area contributed by atoms with Crippen molar-refractivity contribution >= 4 is 15.9 Å². The van der Waals surface area contributed by atoms with E-state index in [0.29, 0.717) is 19.8 Å². The third-order valence-electron chi connectivity index (χ3n) is 2.22. The quantitative estimate of drug-likeness (QED) is 0.639. The summed E-state index contributed by atoms with van der Waals surface area (Å²) in [5, 5.41) is 21.1. The Balaban J connectivity index is 2.15. The summed E-state index contributed by atoms with van der Waals surface area (Å²) in [6.45, 7) is 2.67. The van der Waals surface area contributed by atoms with Crippen LogP contribution in [0.4, 0.5) is 0 Å². The largest absolute Gasteiger partial charge is 0.508 e. The van der Waals surface area contributed by atoms with Crippen LogP contribution in [0.1, 0.15) is 12.0 Å². The summed E-state index contributed by atoms with van der Waals surface area (Å²) in [4.78, 5) is 0. The van der Waals surface area contributed by atoms with E-state index in [2.05, 4.69) is 21.2 Å². The molecule has 4 nitrogen and oxygen atoms in total. The van der Waals surface area contributed by atoms with Gasteiger partial charge in [-0.3, -0.25) is 0 Å². The number of ether oxygens (including phenoxy) is 1. The van der Waals surface area contributed by atoms with E-state index in [4.69, 9.17) is 9.84 Å². The Morgan fingerprint density at radius 2 is 2.12 bits per heavy atom. The van der Waals surface area contributed by atoms with Gasteiger partial charge in [-0.25, -0.2) is 0 Å². The number of halogens is 1. The number of hydrogen-bond acceptors (Lipinski definition) is 4. The Hall–Kier alpha value is -0.620. The highest BCUT2D eigenvalue weighted by Crippen LogP contribution is 2.21. The molecule has 0 amide bonds. The van der Waals surface area contributed by atoms with Gasteiger partial charge in [0.25, 0.3) is 0 Å². The number of benzene rings is 1. The van der Waals surface area contributed by atoms with E-state index in [1.807, 2.05) is 6.07 Å². The molecule has 0 aliphatic rings. The summed E-state index contributed by atoms with van der Waals surface area (Å²) in [5.74, 6) is 0.274. The number of nitrogens with one attached hydrogen (secondary N) is 1. The first kappa shape index (κ1) is 14.4. The van der Waals surface area contributed by atoms with E-state index in [1.54, 1.807) is 12.1 Å². The van der Waals surface area contributed by atoms with Crippen LogP contribution in [0.25, 0.3) is 0 Å². The van der Waals surface area contributed by atoms with Gasteiger partial charge in [0.05, 0.1) is 13.2 Å². The second kappa shape index (κ2) is 8.47. The molecule has 0 spiro atoms. The van der Waals surface area contributed by atoms with Gasteiger partial charge in [0.1, 0.15) is 5.75 Å². The highest BCUT2D eigenvalue weighted by molar-refractivity contribution is 9.10. The summed E-state index contributed by atoms with van der Waals surface area (Å²) in [7, 11) is 0. The zero-order valence-corrected chi connectivity index (χ0v) is 11.2. The van der Waals surface area contributed by atoms with Gasteiger partial charge in [0.15, 0.2) is 0 Å². The summed E-state index contributed by atoms with van der Waals surface area (Å²) >= 11 is 3.43. The number of phenolic OH excluding ortho intramolecular Hbond substituents is 1. The molecule has 96 valence electrons. The molecule has 1 aromatic rings. The van der Waals surface area contributed by atoms with Crippen LogP contribution in [-0.4, -0.2) is 36.6 Å². The second-order valence-electron chi connectivity index (χ2n) is 3.64. The van der Waals surface area contributed by atoms with E-state index in [9.17, 15) is 5.11 Å². The van der Waals surface area contributed by atoms with Crippen LogP contribution in [0.15, 0.2) is 22.7 Å². The maximum absolute atomic E-state index is 9.35. The molecule has 0 fully saturated rings. The SMILES string of the molecule is OCCOCCCNCc1cc(O)ccc1Br. The number of rotatable bonds is 8.